The van der Waals surface area contributed by atoms with Crippen LogP contribution < -0.4 is 25.8 Å². The minimum atomic E-state index is -0.403. The second-order valence-electron chi connectivity index (χ2n) is 8.12. The van der Waals surface area contributed by atoms with Crippen LogP contribution in [0, 0.1) is 0 Å². The maximum Gasteiger partial charge on any atom is 0.414 e. The molecule has 35 heavy (non-hydrogen) atoms. The number of ether oxygens (including phenoxy) is 2. The number of methoxy groups -OCH3 is 1. The van der Waals surface area contributed by atoms with Crippen molar-refractivity contribution in [3.05, 3.63) is 46.9 Å². The summed E-state index contributed by atoms with van der Waals surface area (Å²) in [6.07, 6.45) is 1.25. The number of carbonyl (C=O) groups is 2. The Bertz CT molecular complexity index is 1350. The molecule has 12 heteroatoms. The second-order valence-corrected chi connectivity index (χ2v) is 9.13. The molecule has 0 saturated carbocycles. The Morgan fingerprint density at radius 1 is 1.23 bits per heavy atom. The molecule has 3 aromatic rings. The van der Waals surface area contributed by atoms with E-state index in [1.165, 1.54) is 25.1 Å². The minimum absolute atomic E-state index is 0.0513. The quantitative estimate of drug-likeness (QED) is 0.449. The number of amides is 2. The zero-order valence-electron chi connectivity index (χ0n) is 19.0. The number of anilines is 2. The average Bonchev–Trinajstić information content (AvgIpc) is 3.24. The lowest BCUT2D eigenvalue weighted by molar-refractivity contribution is -0.113. The summed E-state index contributed by atoms with van der Waals surface area (Å²) in [5.41, 5.74) is 2.26. The third-order valence-corrected chi connectivity index (χ3v) is 6.88. The van der Waals surface area contributed by atoms with Crippen molar-refractivity contribution in [3.63, 3.8) is 0 Å². The number of hydrogen-bond acceptors (Lipinski definition) is 9. The first-order valence-corrected chi connectivity index (χ1v) is 12.2. The van der Waals surface area contributed by atoms with Crippen LogP contribution in [0.3, 0.4) is 0 Å². The monoisotopic (exact) mass is 496 g/mol. The second kappa shape index (κ2) is 9.92. The lowest BCUT2D eigenvalue weighted by Crippen LogP contribution is -2.30. The van der Waals surface area contributed by atoms with Gasteiger partial charge in [-0.15, -0.1) is 11.8 Å². The molecule has 1 atom stereocenters. The van der Waals surface area contributed by atoms with Gasteiger partial charge in [-0.05, 0) is 37.2 Å². The summed E-state index contributed by atoms with van der Waals surface area (Å²) < 4.78 is 12.2. The van der Waals surface area contributed by atoms with Crippen molar-refractivity contribution in [3.8, 4) is 5.88 Å². The molecule has 1 fully saturated rings. The highest BCUT2D eigenvalue weighted by Crippen LogP contribution is 2.35. The number of thioether (sulfide) groups is 1. The number of nitrogens with one attached hydrogen (secondary N) is 2. The van der Waals surface area contributed by atoms with E-state index in [4.69, 9.17) is 9.47 Å². The molecular weight excluding hydrogens is 472 g/mol. The Kier molecular flexibility index (Phi) is 6.55. The molecule has 1 saturated heterocycles. The van der Waals surface area contributed by atoms with E-state index >= 15 is 0 Å². The number of carbonyl (C=O) groups excluding carboxylic acids is 2. The Morgan fingerprint density at radius 3 is 2.97 bits per heavy atom. The Morgan fingerprint density at radius 2 is 2.11 bits per heavy atom. The van der Waals surface area contributed by atoms with Gasteiger partial charge in [0, 0.05) is 29.7 Å². The van der Waals surface area contributed by atoms with Crippen LogP contribution in [0.15, 0.2) is 46.2 Å². The van der Waals surface area contributed by atoms with Gasteiger partial charge in [-0.1, -0.05) is 0 Å². The number of fused-ring (bicyclic) bond motifs is 2. The van der Waals surface area contributed by atoms with Crippen LogP contribution in [-0.4, -0.2) is 65.1 Å². The predicted octanol–water partition coefficient (Wildman–Crippen LogP) is 1.85. The fourth-order valence-corrected chi connectivity index (χ4v) is 4.84. The fraction of sp³-hybridized carbons (Fsp3) is 0.348. The molecule has 182 valence electrons. The van der Waals surface area contributed by atoms with Crippen LogP contribution in [-0.2, 0) is 16.1 Å². The van der Waals surface area contributed by atoms with Crippen LogP contribution >= 0.6 is 11.8 Å². The predicted molar refractivity (Wildman–Crippen MR) is 131 cm³/mol. The third-order valence-electron chi connectivity index (χ3n) is 5.81. The zero-order chi connectivity index (χ0) is 24.4. The summed E-state index contributed by atoms with van der Waals surface area (Å²) in [5, 5.41) is 6.14. The smallest absolute Gasteiger partial charge is 0.414 e. The molecule has 0 bridgehead atoms. The standard InChI is InChI=1S/C23H24N6O5S/c1-33-20-5-3-16-22(27-20)28(21(31)11-25-16)9-8-24-7-6-15-12-29(23(32)34-15)14-2-4-18-17(10-14)26-19(30)13-35-18/h2-5,10-11,15,24H,6-9,12-13H2,1H3,(H,26,30)/t15-/m1/s1. The molecule has 2 amide bonds. The lowest BCUT2D eigenvalue weighted by Gasteiger charge is -2.20. The van der Waals surface area contributed by atoms with Gasteiger partial charge in [0.15, 0.2) is 5.65 Å². The normalized spacial score (nSPS) is 17.3. The molecule has 4 heterocycles. The Hall–Kier alpha value is -3.64. The van der Waals surface area contributed by atoms with Crippen LogP contribution in [0.2, 0.25) is 0 Å². The van der Waals surface area contributed by atoms with Crippen LogP contribution in [0.4, 0.5) is 16.2 Å². The first-order valence-electron chi connectivity index (χ1n) is 11.2. The van der Waals surface area contributed by atoms with Gasteiger partial charge in [-0.25, -0.2) is 9.78 Å². The maximum absolute atomic E-state index is 12.4. The summed E-state index contributed by atoms with van der Waals surface area (Å²) in [5.74, 6) is 0.757. The molecule has 2 aromatic heterocycles. The number of nitrogens with zero attached hydrogens (tertiary/aromatic N) is 4. The van der Waals surface area contributed by atoms with E-state index in [1.807, 2.05) is 12.1 Å². The van der Waals surface area contributed by atoms with Gasteiger partial charge in [0.1, 0.15) is 11.6 Å². The van der Waals surface area contributed by atoms with E-state index in [-0.39, 0.29) is 17.6 Å². The molecule has 0 radical (unpaired) electrons. The third kappa shape index (κ3) is 4.93. The minimum Gasteiger partial charge on any atom is -0.481 e. The number of benzene rings is 1. The maximum atomic E-state index is 12.4. The Balaban J connectivity index is 1.14. The molecule has 0 aliphatic carbocycles. The number of rotatable bonds is 8. The van der Waals surface area contributed by atoms with Crippen molar-refractivity contribution in [2.45, 2.75) is 24.0 Å². The highest BCUT2D eigenvalue weighted by molar-refractivity contribution is 8.00. The lowest BCUT2D eigenvalue weighted by atomic mass is 10.2. The van der Waals surface area contributed by atoms with E-state index in [0.717, 1.165) is 4.90 Å². The van der Waals surface area contributed by atoms with E-state index in [0.29, 0.717) is 66.8 Å². The van der Waals surface area contributed by atoms with Crippen molar-refractivity contribution in [1.82, 2.24) is 19.9 Å². The first-order chi connectivity index (χ1) is 17.0. The molecule has 2 N–H and O–H groups in total. The number of aromatic nitrogens is 3. The van der Waals surface area contributed by atoms with Gasteiger partial charge >= 0.3 is 6.09 Å². The zero-order valence-corrected chi connectivity index (χ0v) is 19.8. The van der Waals surface area contributed by atoms with Crippen molar-refractivity contribution < 1.29 is 19.1 Å². The largest absolute Gasteiger partial charge is 0.481 e. The summed E-state index contributed by atoms with van der Waals surface area (Å²) >= 11 is 1.48. The summed E-state index contributed by atoms with van der Waals surface area (Å²) in [4.78, 5) is 47.5. The Labute approximate surface area is 204 Å². The molecule has 1 aromatic carbocycles. The van der Waals surface area contributed by atoms with E-state index in [1.54, 1.807) is 27.7 Å². The number of pyridine rings is 1. The van der Waals surface area contributed by atoms with E-state index in [2.05, 4.69) is 20.6 Å². The van der Waals surface area contributed by atoms with Crippen molar-refractivity contribution >= 4 is 46.3 Å². The highest BCUT2D eigenvalue weighted by atomic mass is 32.2. The SMILES string of the molecule is COc1ccc2ncc(=O)n(CCNCC[C@@H]3CN(c4ccc5c(c4)NC(=O)CS5)C(=O)O3)c2n1. The average molecular weight is 497 g/mol. The van der Waals surface area contributed by atoms with Gasteiger partial charge in [0.05, 0.1) is 31.3 Å². The number of hydrogen-bond donors (Lipinski definition) is 2. The molecule has 11 nitrogen and oxygen atoms in total. The van der Waals surface area contributed by atoms with Crippen molar-refractivity contribution in [2.24, 2.45) is 0 Å². The fourth-order valence-electron chi connectivity index (χ4n) is 4.05. The van der Waals surface area contributed by atoms with E-state index in [9.17, 15) is 14.4 Å². The number of cyclic esters (lactones) is 1. The van der Waals surface area contributed by atoms with Gasteiger partial charge < -0.3 is 20.1 Å². The molecule has 2 aliphatic heterocycles. The van der Waals surface area contributed by atoms with Gasteiger partial charge in [0.2, 0.25) is 11.8 Å². The van der Waals surface area contributed by atoms with E-state index < -0.39 is 6.09 Å². The molecule has 2 aliphatic rings. The summed E-state index contributed by atoms with van der Waals surface area (Å²) in [7, 11) is 1.52. The van der Waals surface area contributed by atoms with Crippen LogP contribution in [0.25, 0.3) is 11.2 Å². The van der Waals surface area contributed by atoms with Crippen molar-refractivity contribution in [2.75, 3.05) is 42.7 Å². The molecule has 0 spiro atoms. The van der Waals surface area contributed by atoms with Gasteiger partial charge in [-0.3, -0.25) is 19.1 Å². The molecule has 0 unspecified atom stereocenters. The van der Waals surface area contributed by atoms with Crippen LogP contribution in [0.5, 0.6) is 5.88 Å². The van der Waals surface area contributed by atoms with Gasteiger partial charge in [0.25, 0.3) is 5.56 Å². The first kappa shape index (κ1) is 23.1. The highest BCUT2D eigenvalue weighted by Gasteiger charge is 2.32. The van der Waals surface area contributed by atoms with Gasteiger partial charge in [-0.2, -0.15) is 4.98 Å². The summed E-state index contributed by atoms with van der Waals surface area (Å²) in [6.45, 7) is 1.98. The van der Waals surface area contributed by atoms with Crippen molar-refractivity contribution in [1.29, 1.82) is 0 Å². The molecule has 5 rings (SSSR count). The topological polar surface area (TPSA) is 128 Å². The summed E-state index contributed by atoms with van der Waals surface area (Å²) in [6, 6.07) is 9.05. The van der Waals surface area contributed by atoms with Crippen LogP contribution in [0.1, 0.15) is 6.42 Å². The molecular formula is C23H24N6O5S.